The molecule has 0 saturated carbocycles. The maximum absolute atomic E-state index is 5.74. The third-order valence-electron chi connectivity index (χ3n) is 2.67. The molecule has 0 aromatic heterocycles. The molecule has 0 spiro atoms. The van der Waals surface area contributed by atoms with Crippen LogP contribution < -0.4 is 10.5 Å². The van der Waals surface area contributed by atoms with Crippen LogP contribution in [0.5, 0.6) is 5.75 Å². The van der Waals surface area contributed by atoms with E-state index in [4.69, 9.17) is 10.5 Å². The van der Waals surface area contributed by atoms with Crippen LogP contribution in [-0.2, 0) is 13.0 Å². The summed E-state index contributed by atoms with van der Waals surface area (Å²) in [4.78, 5) is 0. The summed E-state index contributed by atoms with van der Waals surface area (Å²) >= 11 is 0. The third kappa shape index (κ3) is 3.33. The Morgan fingerprint density at radius 3 is 2.18 bits per heavy atom. The SMILES string of the molecule is NCCc1ccccc1COc1ccccc1. The van der Waals surface area contributed by atoms with Crippen molar-refractivity contribution in [2.24, 2.45) is 5.73 Å². The number of ether oxygens (including phenoxy) is 1. The molecule has 0 aliphatic carbocycles. The fourth-order valence-corrected chi connectivity index (χ4v) is 1.78. The van der Waals surface area contributed by atoms with E-state index >= 15 is 0 Å². The molecule has 2 nitrogen and oxygen atoms in total. The number of nitrogens with two attached hydrogens (primary N) is 1. The van der Waals surface area contributed by atoms with Crippen LogP contribution in [0.1, 0.15) is 11.1 Å². The van der Waals surface area contributed by atoms with Crippen molar-refractivity contribution >= 4 is 0 Å². The van der Waals surface area contributed by atoms with Gasteiger partial charge in [-0.2, -0.15) is 0 Å². The second-order valence-electron chi connectivity index (χ2n) is 3.91. The molecular formula is C15H17NO. The van der Waals surface area contributed by atoms with Crippen molar-refractivity contribution in [3.8, 4) is 5.75 Å². The summed E-state index contributed by atoms with van der Waals surface area (Å²) in [5, 5.41) is 0. The first-order valence-corrected chi connectivity index (χ1v) is 5.85. The number of benzene rings is 2. The highest BCUT2D eigenvalue weighted by molar-refractivity contribution is 5.28. The highest BCUT2D eigenvalue weighted by atomic mass is 16.5. The molecule has 0 radical (unpaired) electrons. The monoisotopic (exact) mass is 227 g/mol. The van der Waals surface area contributed by atoms with Gasteiger partial charge >= 0.3 is 0 Å². The molecule has 2 aromatic rings. The first-order valence-electron chi connectivity index (χ1n) is 5.85. The van der Waals surface area contributed by atoms with Crippen LogP contribution in [0.2, 0.25) is 0 Å². The molecule has 0 unspecified atom stereocenters. The molecule has 2 aromatic carbocycles. The molecule has 2 heteroatoms. The van der Waals surface area contributed by atoms with Gasteiger partial charge in [0.15, 0.2) is 0 Å². The van der Waals surface area contributed by atoms with Crippen molar-refractivity contribution in [2.75, 3.05) is 6.54 Å². The highest BCUT2D eigenvalue weighted by Gasteiger charge is 2.01. The molecule has 0 fully saturated rings. The van der Waals surface area contributed by atoms with Crippen LogP contribution in [0, 0.1) is 0 Å². The van der Waals surface area contributed by atoms with Gasteiger partial charge in [0.05, 0.1) is 0 Å². The second-order valence-corrected chi connectivity index (χ2v) is 3.91. The van der Waals surface area contributed by atoms with Gasteiger partial charge in [0.2, 0.25) is 0 Å². The Hall–Kier alpha value is -1.80. The zero-order chi connectivity index (χ0) is 11.9. The Bertz CT molecular complexity index is 453. The van der Waals surface area contributed by atoms with Crippen molar-refractivity contribution in [2.45, 2.75) is 13.0 Å². The average molecular weight is 227 g/mol. The Labute approximate surface area is 102 Å². The Morgan fingerprint density at radius 2 is 1.47 bits per heavy atom. The Kier molecular flexibility index (Phi) is 4.17. The van der Waals surface area contributed by atoms with Gasteiger partial charge in [-0.05, 0) is 36.2 Å². The van der Waals surface area contributed by atoms with E-state index in [2.05, 4.69) is 12.1 Å². The molecule has 0 aliphatic heterocycles. The molecule has 0 aliphatic rings. The lowest BCUT2D eigenvalue weighted by atomic mass is 10.1. The Morgan fingerprint density at radius 1 is 0.824 bits per heavy atom. The molecule has 0 saturated heterocycles. The molecular weight excluding hydrogens is 210 g/mol. The molecule has 0 heterocycles. The zero-order valence-electron chi connectivity index (χ0n) is 9.80. The van der Waals surface area contributed by atoms with Gasteiger partial charge in [-0.1, -0.05) is 42.5 Å². The van der Waals surface area contributed by atoms with Crippen LogP contribution in [0.15, 0.2) is 54.6 Å². The summed E-state index contributed by atoms with van der Waals surface area (Å²) in [5.74, 6) is 0.898. The summed E-state index contributed by atoms with van der Waals surface area (Å²) in [6.07, 6.45) is 0.897. The molecule has 2 rings (SSSR count). The number of hydrogen-bond acceptors (Lipinski definition) is 2. The predicted molar refractivity (Wildman–Crippen MR) is 70.0 cm³/mol. The van der Waals surface area contributed by atoms with E-state index in [1.54, 1.807) is 0 Å². The highest BCUT2D eigenvalue weighted by Crippen LogP contribution is 2.14. The van der Waals surface area contributed by atoms with Crippen LogP contribution in [0.3, 0.4) is 0 Å². The van der Waals surface area contributed by atoms with E-state index in [0.29, 0.717) is 13.2 Å². The molecule has 17 heavy (non-hydrogen) atoms. The van der Waals surface area contributed by atoms with E-state index in [-0.39, 0.29) is 0 Å². The average Bonchev–Trinajstić information content (AvgIpc) is 2.39. The predicted octanol–water partition coefficient (Wildman–Crippen LogP) is 2.77. The van der Waals surface area contributed by atoms with Crippen LogP contribution >= 0.6 is 0 Å². The van der Waals surface area contributed by atoms with Crippen molar-refractivity contribution in [1.29, 1.82) is 0 Å². The summed E-state index contributed by atoms with van der Waals surface area (Å²) in [5.41, 5.74) is 8.08. The fraction of sp³-hybridized carbons (Fsp3) is 0.200. The lowest BCUT2D eigenvalue weighted by Gasteiger charge is -2.10. The van der Waals surface area contributed by atoms with Gasteiger partial charge < -0.3 is 10.5 Å². The summed E-state index contributed by atoms with van der Waals surface area (Å²) in [6.45, 7) is 1.27. The van der Waals surface area contributed by atoms with Crippen molar-refractivity contribution in [3.63, 3.8) is 0 Å². The third-order valence-corrected chi connectivity index (χ3v) is 2.67. The van der Waals surface area contributed by atoms with Gasteiger partial charge in [-0.25, -0.2) is 0 Å². The van der Waals surface area contributed by atoms with Crippen molar-refractivity contribution in [3.05, 3.63) is 65.7 Å². The van der Waals surface area contributed by atoms with E-state index in [1.807, 2.05) is 42.5 Å². The molecule has 88 valence electrons. The van der Waals surface area contributed by atoms with Gasteiger partial charge in [-0.15, -0.1) is 0 Å². The largest absolute Gasteiger partial charge is 0.489 e. The number of rotatable bonds is 5. The van der Waals surface area contributed by atoms with Gasteiger partial charge in [-0.3, -0.25) is 0 Å². The molecule has 0 amide bonds. The second kappa shape index (κ2) is 6.06. The van der Waals surface area contributed by atoms with E-state index in [1.165, 1.54) is 11.1 Å². The topological polar surface area (TPSA) is 35.2 Å². The van der Waals surface area contributed by atoms with Crippen LogP contribution in [-0.4, -0.2) is 6.54 Å². The minimum absolute atomic E-state index is 0.597. The quantitative estimate of drug-likeness (QED) is 0.852. The molecule has 0 atom stereocenters. The molecule has 2 N–H and O–H groups in total. The fourth-order valence-electron chi connectivity index (χ4n) is 1.78. The summed E-state index contributed by atoms with van der Waals surface area (Å²) in [6, 6.07) is 18.1. The van der Waals surface area contributed by atoms with Crippen molar-refractivity contribution < 1.29 is 4.74 Å². The maximum Gasteiger partial charge on any atom is 0.119 e. The standard InChI is InChI=1S/C15H17NO/c16-11-10-13-6-4-5-7-14(13)12-17-15-8-2-1-3-9-15/h1-9H,10-12,16H2. The number of para-hydroxylation sites is 1. The van der Waals surface area contributed by atoms with Crippen LogP contribution in [0.25, 0.3) is 0 Å². The minimum atomic E-state index is 0.597. The van der Waals surface area contributed by atoms with Crippen LogP contribution in [0.4, 0.5) is 0 Å². The van der Waals surface area contributed by atoms with E-state index in [0.717, 1.165) is 12.2 Å². The molecule has 0 bridgehead atoms. The van der Waals surface area contributed by atoms with E-state index in [9.17, 15) is 0 Å². The number of hydrogen-bond donors (Lipinski definition) is 1. The summed E-state index contributed by atoms with van der Waals surface area (Å²) < 4.78 is 5.74. The lowest BCUT2D eigenvalue weighted by Crippen LogP contribution is -2.06. The van der Waals surface area contributed by atoms with Gasteiger partial charge in [0.25, 0.3) is 0 Å². The normalized spacial score (nSPS) is 10.2. The van der Waals surface area contributed by atoms with Crippen molar-refractivity contribution in [1.82, 2.24) is 0 Å². The first-order chi connectivity index (χ1) is 8.40. The Balaban J connectivity index is 2.03. The minimum Gasteiger partial charge on any atom is -0.489 e. The first kappa shape index (κ1) is 11.7. The lowest BCUT2D eigenvalue weighted by molar-refractivity contribution is 0.305. The summed E-state index contributed by atoms with van der Waals surface area (Å²) in [7, 11) is 0. The van der Waals surface area contributed by atoms with Gasteiger partial charge in [0.1, 0.15) is 12.4 Å². The van der Waals surface area contributed by atoms with E-state index < -0.39 is 0 Å². The maximum atomic E-state index is 5.74. The smallest absolute Gasteiger partial charge is 0.119 e. The van der Waals surface area contributed by atoms with Gasteiger partial charge in [0, 0.05) is 0 Å². The zero-order valence-corrected chi connectivity index (χ0v) is 9.80.